The van der Waals surface area contributed by atoms with Crippen molar-refractivity contribution in [3.8, 4) is 0 Å². The molecule has 1 aromatic carbocycles. The number of aryl methyl sites for hydroxylation is 4. The van der Waals surface area contributed by atoms with E-state index in [0.29, 0.717) is 11.4 Å². The maximum absolute atomic E-state index is 12.8. The first-order chi connectivity index (χ1) is 16.0. The van der Waals surface area contributed by atoms with Gasteiger partial charge in [0.05, 0.1) is 10.6 Å². The van der Waals surface area contributed by atoms with Gasteiger partial charge in [-0.15, -0.1) is 0 Å². The van der Waals surface area contributed by atoms with Crippen molar-refractivity contribution in [2.24, 2.45) is 4.99 Å². The number of benzene rings is 1. The van der Waals surface area contributed by atoms with Gasteiger partial charge in [0.25, 0.3) is 21.4 Å². The van der Waals surface area contributed by atoms with Crippen LogP contribution in [0.2, 0.25) is 0 Å². The Bertz CT molecular complexity index is 1550. The van der Waals surface area contributed by atoms with Crippen LogP contribution in [0.25, 0.3) is 0 Å². The van der Waals surface area contributed by atoms with Crippen LogP contribution in [0.4, 0.5) is 17.5 Å². The number of anilines is 1. The summed E-state index contributed by atoms with van der Waals surface area (Å²) in [6.45, 7) is 6.45. The number of aliphatic imine (C=N–C) groups is 1. The summed E-state index contributed by atoms with van der Waals surface area (Å²) in [5.74, 6) is -1.07. The van der Waals surface area contributed by atoms with Crippen LogP contribution in [0, 0.1) is 37.8 Å². The summed E-state index contributed by atoms with van der Waals surface area (Å²) in [6, 6.07) is 7.00. The van der Waals surface area contributed by atoms with Gasteiger partial charge in [-0.2, -0.15) is 5.10 Å². The fourth-order valence-corrected chi connectivity index (χ4v) is 4.31. The molecule has 4 aromatic rings. The summed E-state index contributed by atoms with van der Waals surface area (Å²) in [5, 5.41) is 30.9. The van der Waals surface area contributed by atoms with E-state index >= 15 is 0 Å². The van der Waals surface area contributed by atoms with Gasteiger partial charge < -0.3 is 15.2 Å². The van der Waals surface area contributed by atoms with Crippen LogP contribution < -0.4 is 14.5 Å². The number of nitrogens with zero attached hydrogens (tertiary/aromatic N) is 7. The van der Waals surface area contributed by atoms with Crippen LogP contribution in [0.1, 0.15) is 28.5 Å². The second-order valence-electron chi connectivity index (χ2n) is 7.44. The first-order valence-corrected chi connectivity index (χ1v) is 11.3. The second kappa shape index (κ2) is 8.18. The molecular formula is C19H19N9O5S. The molecule has 4 rings (SSSR count). The molecule has 2 N–H and O–H groups in total. The first-order valence-electron chi connectivity index (χ1n) is 9.82. The molecule has 0 saturated heterocycles. The summed E-state index contributed by atoms with van der Waals surface area (Å²) < 4.78 is 29.8. The summed E-state index contributed by atoms with van der Waals surface area (Å²) in [5.41, 5.74) is 1.85. The quantitative estimate of drug-likeness (QED) is 0.129. The predicted octanol–water partition coefficient (Wildman–Crippen LogP) is 0.419. The minimum absolute atomic E-state index is 0.00142. The Kier molecular flexibility index (Phi) is 5.48. The molecule has 0 bridgehead atoms. The largest absolute Gasteiger partial charge is 0.855 e. The number of nitrogens with one attached hydrogen (secondary N) is 2. The highest BCUT2D eigenvalue weighted by atomic mass is 32.2. The third-order valence-corrected chi connectivity index (χ3v) is 6.09. The van der Waals surface area contributed by atoms with Crippen LogP contribution in [0.3, 0.4) is 0 Å². The Morgan fingerprint density at radius 1 is 1.15 bits per heavy atom. The normalized spacial score (nSPS) is 12.3. The fourth-order valence-electron chi connectivity index (χ4n) is 3.36. The van der Waals surface area contributed by atoms with Crippen LogP contribution in [0.5, 0.6) is 0 Å². The molecule has 0 aliphatic rings. The standard InChI is InChI=1S/C19H19N9O5S/c1-10-9-11(2)21-19(20-10)25-34(32,33)15-7-5-14(6-8-15)22-17(29)16-12(3)23-27-18(28(30)31)13(4)24-26(16)27/h5-9H,1-4H3,(H2-,20,21,22,23,24,25,29). The zero-order chi connectivity index (χ0) is 24.8. The van der Waals surface area contributed by atoms with Crippen LogP contribution in [-0.4, -0.2) is 44.0 Å². The Morgan fingerprint density at radius 3 is 2.35 bits per heavy atom. The van der Waals surface area contributed by atoms with Crippen molar-refractivity contribution in [1.29, 1.82) is 0 Å². The Hall–Kier alpha value is -4.40. The lowest BCUT2D eigenvalue weighted by Crippen LogP contribution is -2.39. The van der Waals surface area contributed by atoms with Gasteiger partial charge in [-0.05, 0) is 56.0 Å². The van der Waals surface area contributed by atoms with Crippen LogP contribution in [0.15, 0.2) is 40.2 Å². The maximum Gasteiger partial charge on any atom is 0.436 e. The zero-order valence-electron chi connectivity index (χ0n) is 18.5. The second-order valence-corrected chi connectivity index (χ2v) is 9.13. The lowest BCUT2D eigenvalue weighted by molar-refractivity contribution is -0.683. The topological polar surface area (TPSA) is 188 Å². The highest BCUT2D eigenvalue weighted by Crippen LogP contribution is 2.20. The lowest BCUT2D eigenvalue weighted by atomic mass is 10.3. The summed E-state index contributed by atoms with van der Waals surface area (Å²) >= 11 is 0. The van der Waals surface area contributed by atoms with Crippen molar-refractivity contribution in [2.45, 2.75) is 32.6 Å². The Labute approximate surface area is 192 Å². The van der Waals surface area contributed by atoms with Crippen molar-refractivity contribution >= 4 is 33.4 Å². The van der Waals surface area contributed by atoms with E-state index in [-0.39, 0.29) is 39.4 Å². The highest BCUT2D eigenvalue weighted by molar-refractivity contribution is 7.92. The molecular weight excluding hydrogens is 466 g/mol. The molecule has 0 saturated carbocycles. The molecule has 0 aliphatic carbocycles. The van der Waals surface area contributed by atoms with Gasteiger partial charge in [0.1, 0.15) is 5.10 Å². The molecule has 0 amide bonds. The van der Waals surface area contributed by atoms with Gasteiger partial charge in [0.15, 0.2) is 10.3 Å². The van der Waals surface area contributed by atoms with Crippen molar-refractivity contribution in [2.75, 3.05) is 4.72 Å². The SMILES string of the molecule is Cc1cc(C)nc(NS(=O)(=O)c2ccc(N=C([O-])c3c(C)nn4c([N+](=O)[O-])c(C)[nH][n+]34)cc2)n1. The molecule has 0 atom stereocenters. The van der Waals surface area contributed by atoms with Crippen molar-refractivity contribution < 1.29 is 23.1 Å². The number of hydrogen-bond acceptors (Lipinski definition) is 9. The van der Waals surface area contributed by atoms with Crippen molar-refractivity contribution in [3.05, 3.63) is 68.9 Å². The van der Waals surface area contributed by atoms with Crippen molar-refractivity contribution in [3.63, 3.8) is 0 Å². The van der Waals surface area contributed by atoms with E-state index in [1.54, 1.807) is 19.9 Å². The number of aromatic amines is 1. The fraction of sp³-hybridized carbons (Fsp3) is 0.211. The van der Waals surface area contributed by atoms with Gasteiger partial charge in [0.2, 0.25) is 5.95 Å². The van der Waals surface area contributed by atoms with E-state index in [4.69, 9.17) is 0 Å². The molecule has 3 aromatic heterocycles. The molecule has 34 heavy (non-hydrogen) atoms. The number of rotatable bonds is 6. The summed E-state index contributed by atoms with van der Waals surface area (Å²) in [4.78, 5) is 22.7. The number of H-pyrrole nitrogens is 1. The van der Waals surface area contributed by atoms with Gasteiger partial charge in [-0.3, -0.25) is 4.99 Å². The smallest absolute Gasteiger partial charge is 0.436 e. The van der Waals surface area contributed by atoms with Gasteiger partial charge >= 0.3 is 5.82 Å². The zero-order valence-corrected chi connectivity index (χ0v) is 19.3. The van der Waals surface area contributed by atoms with E-state index in [9.17, 15) is 23.6 Å². The molecule has 3 heterocycles. The molecule has 0 radical (unpaired) electrons. The molecule has 0 spiro atoms. The van der Waals surface area contributed by atoms with E-state index in [1.165, 1.54) is 38.1 Å². The Morgan fingerprint density at radius 2 is 1.76 bits per heavy atom. The third kappa shape index (κ3) is 4.15. The number of aromatic nitrogens is 6. The van der Waals surface area contributed by atoms with Crippen LogP contribution >= 0.6 is 0 Å². The van der Waals surface area contributed by atoms with Crippen molar-refractivity contribution in [1.82, 2.24) is 24.8 Å². The summed E-state index contributed by atoms with van der Waals surface area (Å²) in [7, 11) is -3.97. The number of nitro groups is 1. The van der Waals surface area contributed by atoms with E-state index in [1.807, 2.05) is 0 Å². The monoisotopic (exact) mass is 485 g/mol. The number of sulfonamides is 1. The average Bonchev–Trinajstić information content (AvgIpc) is 3.19. The molecule has 14 nitrogen and oxygen atoms in total. The molecule has 0 fully saturated rings. The van der Waals surface area contributed by atoms with Crippen LogP contribution in [-0.2, 0) is 10.0 Å². The average molecular weight is 485 g/mol. The van der Waals surface area contributed by atoms with E-state index in [0.717, 1.165) is 9.26 Å². The van der Waals surface area contributed by atoms with Gasteiger partial charge in [-0.25, -0.2) is 23.1 Å². The van der Waals surface area contributed by atoms with Gasteiger partial charge in [0, 0.05) is 28.8 Å². The number of fused-ring (bicyclic) bond motifs is 1. The summed E-state index contributed by atoms with van der Waals surface area (Å²) in [6.07, 6.45) is 0. The maximum atomic E-state index is 12.8. The molecule has 0 unspecified atom stereocenters. The first kappa shape index (κ1) is 22.8. The third-order valence-electron chi connectivity index (χ3n) is 4.75. The van der Waals surface area contributed by atoms with E-state index in [2.05, 4.69) is 29.9 Å². The van der Waals surface area contributed by atoms with E-state index < -0.39 is 20.8 Å². The lowest BCUT2D eigenvalue weighted by Gasteiger charge is -2.09. The molecule has 15 heteroatoms. The minimum atomic E-state index is -3.97. The minimum Gasteiger partial charge on any atom is -0.855 e. The highest BCUT2D eigenvalue weighted by Gasteiger charge is 2.33. The van der Waals surface area contributed by atoms with Gasteiger partial charge in [-0.1, -0.05) is 0 Å². The molecule has 0 aliphatic heterocycles. The number of hydrogen-bond donors (Lipinski definition) is 2. The predicted molar refractivity (Wildman–Crippen MR) is 116 cm³/mol. The Balaban J connectivity index is 1.63. The molecule has 176 valence electrons.